The Bertz CT molecular complexity index is 869. The van der Waals surface area contributed by atoms with Crippen LogP contribution in [0.2, 0.25) is 0 Å². The summed E-state index contributed by atoms with van der Waals surface area (Å²) in [5.74, 6) is -2.31. The van der Waals surface area contributed by atoms with Gasteiger partial charge in [-0.1, -0.05) is 0 Å². The van der Waals surface area contributed by atoms with Gasteiger partial charge in [0.25, 0.3) is 5.91 Å². The van der Waals surface area contributed by atoms with Gasteiger partial charge in [-0.05, 0) is 18.2 Å². The van der Waals surface area contributed by atoms with Gasteiger partial charge in [0.15, 0.2) is 0 Å². The number of carbonyl (C=O) groups excluding carboxylic acids is 3. The van der Waals surface area contributed by atoms with Crippen LogP contribution in [0.25, 0.3) is 0 Å². The summed E-state index contributed by atoms with van der Waals surface area (Å²) in [6, 6.07) is 3.76. The molecule has 1 aromatic heterocycles. The zero-order chi connectivity index (χ0) is 19.4. The SMILES string of the molecule is COC(=O)c1cc(NC(=O)c2c([N+](=O)[O-])cnn2C)cc(C(=O)OC)c1. The molecule has 1 N–H and O–H groups in total. The minimum atomic E-state index is -0.838. The maximum absolute atomic E-state index is 12.4. The van der Waals surface area contributed by atoms with Crippen LogP contribution in [0.1, 0.15) is 31.2 Å². The first-order chi connectivity index (χ1) is 12.3. The number of aromatic nitrogens is 2. The highest BCUT2D eigenvalue weighted by Crippen LogP contribution is 2.21. The second kappa shape index (κ2) is 7.42. The Morgan fingerprint density at radius 3 is 2.12 bits per heavy atom. The van der Waals surface area contributed by atoms with Gasteiger partial charge in [0.1, 0.15) is 6.20 Å². The highest BCUT2D eigenvalue weighted by molar-refractivity contribution is 6.07. The molecule has 0 saturated heterocycles. The number of methoxy groups -OCH3 is 2. The molecule has 1 heterocycles. The maximum atomic E-state index is 12.4. The number of anilines is 1. The Kier molecular flexibility index (Phi) is 5.30. The van der Waals surface area contributed by atoms with E-state index < -0.39 is 28.5 Å². The molecular weight excluding hydrogens is 348 g/mol. The van der Waals surface area contributed by atoms with Gasteiger partial charge in [0.2, 0.25) is 5.69 Å². The van der Waals surface area contributed by atoms with Gasteiger partial charge in [-0.15, -0.1) is 0 Å². The number of nitrogens with zero attached hydrogens (tertiary/aromatic N) is 3. The normalized spacial score (nSPS) is 10.1. The first-order valence-electron chi connectivity index (χ1n) is 7.08. The van der Waals surface area contributed by atoms with Crippen LogP contribution in [0.15, 0.2) is 24.4 Å². The van der Waals surface area contributed by atoms with E-state index >= 15 is 0 Å². The van der Waals surface area contributed by atoms with Gasteiger partial charge in [-0.2, -0.15) is 5.10 Å². The standard InChI is InChI=1S/C15H14N4O7/c1-18-12(11(7-16-18)19(23)24)13(20)17-10-5-8(14(21)25-2)4-9(6-10)15(22)26-3/h4-7H,1-3H3,(H,17,20). The summed E-state index contributed by atoms with van der Waals surface area (Å²) in [6.45, 7) is 0. The number of hydrogen-bond acceptors (Lipinski definition) is 8. The van der Waals surface area contributed by atoms with Gasteiger partial charge >= 0.3 is 17.6 Å². The number of benzene rings is 1. The fraction of sp³-hybridized carbons (Fsp3) is 0.200. The molecular formula is C15H14N4O7. The molecule has 0 bridgehead atoms. The lowest BCUT2D eigenvalue weighted by Gasteiger charge is -2.09. The van der Waals surface area contributed by atoms with E-state index in [1.807, 2.05) is 0 Å². The van der Waals surface area contributed by atoms with Crippen LogP contribution in [-0.4, -0.2) is 46.8 Å². The smallest absolute Gasteiger partial charge is 0.337 e. The van der Waals surface area contributed by atoms with Crippen molar-refractivity contribution in [2.45, 2.75) is 0 Å². The van der Waals surface area contributed by atoms with Crippen LogP contribution in [0.3, 0.4) is 0 Å². The van der Waals surface area contributed by atoms with Crippen LogP contribution in [0.5, 0.6) is 0 Å². The largest absolute Gasteiger partial charge is 0.465 e. The molecule has 0 aliphatic carbocycles. The molecule has 11 heteroatoms. The number of ether oxygens (including phenoxy) is 2. The Labute approximate surface area is 146 Å². The van der Waals surface area contributed by atoms with Crippen LogP contribution < -0.4 is 5.32 Å². The molecule has 1 aromatic carbocycles. The van der Waals surface area contributed by atoms with E-state index in [2.05, 4.69) is 19.9 Å². The number of rotatable bonds is 5. The molecule has 0 spiro atoms. The molecule has 2 rings (SSSR count). The quantitative estimate of drug-likeness (QED) is 0.474. The summed E-state index contributed by atoms with van der Waals surface area (Å²) >= 11 is 0. The summed E-state index contributed by atoms with van der Waals surface area (Å²) in [7, 11) is 3.68. The average molecular weight is 362 g/mol. The lowest BCUT2D eigenvalue weighted by molar-refractivity contribution is -0.385. The number of nitrogens with one attached hydrogen (secondary N) is 1. The van der Waals surface area contributed by atoms with Crippen LogP contribution in [0.4, 0.5) is 11.4 Å². The van der Waals surface area contributed by atoms with E-state index in [9.17, 15) is 24.5 Å². The number of nitro groups is 1. The Morgan fingerprint density at radius 2 is 1.65 bits per heavy atom. The first kappa shape index (κ1) is 18.6. The van der Waals surface area contributed by atoms with Gasteiger partial charge in [-0.3, -0.25) is 19.6 Å². The summed E-state index contributed by atoms with van der Waals surface area (Å²) in [6.07, 6.45) is 0.944. The minimum Gasteiger partial charge on any atom is -0.465 e. The fourth-order valence-corrected chi connectivity index (χ4v) is 2.18. The minimum absolute atomic E-state index is 0.00907. The lowest BCUT2D eigenvalue weighted by atomic mass is 10.1. The van der Waals surface area contributed by atoms with Gasteiger partial charge in [-0.25, -0.2) is 9.59 Å². The first-order valence-corrected chi connectivity index (χ1v) is 7.08. The van der Waals surface area contributed by atoms with Crippen molar-refractivity contribution in [1.29, 1.82) is 0 Å². The van der Waals surface area contributed by atoms with Crippen LogP contribution in [0, 0.1) is 10.1 Å². The van der Waals surface area contributed by atoms with Crippen molar-refractivity contribution in [3.63, 3.8) is 0 Å². The molecule has 0 aliphatic heterocycles. The predicted octanol–water partition coefficient (Wildman–Crippen LogP) is 1.15. The topological polar surface area (TPSA) is 143 Å². The van der Waals surface area contributed by atoms with Crippen LogP contribution in [-0.2, 0) is 16.5 Å². The van der Waals surface area contributed by atoms with E-state index in [4.69, 9.17) is 0 Å². The van der Waals surface area contributed by atoms with Gasteiger partial charge in [0, 0.05) is 12.7 Å². The molecule has 0 saturated carbocycles. The van der Waals surface area contributed by atoms with E-state index in [1.54, 1.807) is 0 Å². The number of carbonyl (C=O) groups is 3. The average Bonchev–Trinajstić information content (AvgIpc) is 3.01. The molecule has 0 aliphatic rings. The molecule has 0 radical (unpaired) electrons. The summed E-state index contributed by atoms with van der Waals surface area (Å²) in [5, 5.41) is 17.1. The van der Waals surface area contributed by atoms with E-state index in [1.165, 1.54) is 25.2 Å². The fourth-order valence-electron chi connectivity index (χ4n) is 2.18. The third kappa shape index (κ3) is 3.66. The van der Waals surface area contributed by atoms with Crippen molar-refractivity contribution >= 4 is 29.2 Å². The van der Waals surface area contributed by atoms with E-state index in [0.717, 1.165) is 25.1 Å². The maximum Gasteiger partial charge on any atom is 0.337 e. The van der Waals surface area contributed by atoms with Crippen LogP contribution >= 0.6 is 0 Å². The molecule has 136 valence electrons. The lowest BCUT2D eigenvalue weighted by Crippen LogP contribution is -2.18. The molecule has 0 fully saturated rings. The number of amides is 1. The van der Waals surface area contributed by atoms with Crippen molar-refractivity contribution in [2.75, 3.05) is 19.5 Å². The highest BCUT2D eigenvalue weighted by atomic mass is 16.6. The van der Waals surface area contributed by atoms with Gasteiger partial charge < -0.3 is 14.8 Å². The third-order valence-electron chi connectivity index (χ3n) is 3.36. The van der Waals surface area contributed by atoms with Crippen molar-refractivity contribution < 1.29 is 28.8 Å². The summed E-state index contributed by atoms with van der Waals surface area (Å²) in [5.41, 5.74) is -0.746. The summed E-state index contributed by atoms with van der Waals surface area (Å²) < 4.78 is 10.2. The molecule has 0 unspecified atom stereocenters. The molecule has 1 amide bonds. The monoisotopic (exact) mass is 362 g/mol. The van der Waals surface area contributed by atoms with Gasteiger partial charge in [0.05, 0.1) is 30.3 Å². The van der Waals surface area contributed by atoms with Crippen molar-refractivity contribution in [2.24, 2.45) is 7.05 Å². The van der Waals surface area contributed by atoms with E-state index in [-0.39, 0.29) is 22.5 Å². The zero-order valence-electron chi connectivity index (χ0n) is 14.0. The van der Waals surface area contributed by atoms with E-state index in [0.29, 0.717) is 0 Å². The highest BCUT2D eigenvalue weighted by Gasteiger charge is 2.26. The predicted molar refractivity (Wildman–Crippen MR) is 86.9 cm³/mol. The Balaban J connectivity index is 2.44. The molecule has 11 nitrogen and oxygen atoms in total. The van der Waals surface area contributed by atoms with Crippen molar-refractivity contribution in [1.82, 2.24) is 9.78 Å². The number of esters is 2. The summed E-state index contributed by atoms with van der Waals surface area (Å²) in [4.78, 5) is 46.2. The molecule has 26 heavy (non-hydrogen) atoms. The number of hydrogen-bond donors (Lipinski definition) is 1. The Morgan fingerprint density at radius 1 is 1.12 bits per heavy atom. The van der Waals surface area contributed by atoms with Crippen molar-refractivity contribution in [3.05, 3.63) is 51.3 Å². The zero-order valence-corrected chi connectivity index (χ0v) is 14.0. The molecule has 2 aromatic rings. The third-order valence-corrected chi connectivity index (χ3v) is 3.36. The second-order valence-corrected chi connectivity index (χ2v) is 5.00. The Hall–Kier alpha value is -3.76. The van der Waals surface area contributed by atoms with Crippen molar-refractivity contribution in [3.8, 4) is 0 Å². The second-order valence-electron chi connectivity index (χ2n) is 5.00. The molecule has 0 atom stereocenters. The number of aryl methyl sites for hydroxylation is 1.